The first-order valence-electron chi connectivity index (χ1n) is 10.5. The first-order chi connectivity index (χ1) is 15.3. The monoisotopic (exact) mass is 402 g/mol. The number of allylic oxidation sites excluding steroid dienone is 4. The normalized spacial score (nSPS) is 13.1. The van der Waals surface area contributed by atoms with E-state index in [2.05, 4.69) is 42.5 Å². The smallest absolute Gasteiger partial charge is 0.160 e. The molecule has 1 aliphatic carbocycles. The second kappa shape index (κ2) is 8.41. The Morgan fingerprint density at radius 2 is 1.32 bits per heavy atom. The molecule has 0 amide bonds. The molecule has 31 heavy (non-hydrogen) atoms. The molecule has 1 aliphatic rings. The zero-order valence-electron chi connectivity index (χ0n) is 17.1. The Morgan fingerprint density at radius 1 is 0.613 bits per heavy atom. The SMILES string of the molecule is Oc1cccc(-c2cccc(-c3nc(C4=CCCC=C4)cc(-c4ccccc4)n3)c2)c1. The number of rotatable bonds is 4. The molecular formula is C28H22N2O. The van der Waals surface area contributed by atoms with Crippen molar-refractivity contribution in [1.82, 2.24) is 9.97 Å². The number of phenols is 1. The van der Waals surface area contributed by atoms with Gasteiger partial charge in [-0.25, -0.2) is 9.97 Å². The average Bonchev–Trinajstić information content (AvgIpc) is 2.85. The zero-order valence-corrected chi connectivity index (χ0v) is 17.1. The van der Waals surface area contributed by atoms with E-state index in [0.717, 1.165) is 52.1 Å². The molecule has 0 radical (unpaired) electrons. The summed E-state index contributed by atoms with van der Waals surface area (Å²) in [6.07, 6.45) is 8.68. The summed E-state index contributed by atoms with van der Waals surface area (Å²) in [6, 6.07) is 27.7. The summed E-state index contributed by atoms with van der Waals surface area (Å²) in [5.74, 6) is 0.946. The van der Waals surface area contributed by atoms with E-state index in [1.807, 2.05) is 48.5 Å². The number of hydrogen-bond acceptors (Lipinski definition) is 3. The van der Waals surface area contributed by atoms with Crippen molar-refractivity contribution >= 4 is 5.57 Å². The van der Waals surface area contributed by atoms with Crippen LogP contribution in [0.4, 0.5) is 0 Å². The number of phenolic OH excluding ortho intramolecular Hbond substituents is 1. The predicted octanol–water partition coefficient (Wildman–Crippen LogP) is 6.92. The minimum atomic E-state index is 0.253. The highest BCUT2D eigenvalue weighted by Crippen LogP contribution is 2.30. The van der Waals surface area contributed by atoms with Crippen LogP contribution in [0.25, 0.3) is 39.3 Å². The fraction of sp³-hybridized carbons (Fsp3) is 0.0714. The number of nitrogens with zero attached hydrogens (tertiary/aromatic N) is 2. The summed E-state index contributed by atoms with van der Waals surface area (Å²) in [7, 11) is 0. The Labute approximate surface area is 182 Å². The van der Waals surface area contributed by atoms with Gasteiger partial charge in [-0.2, -0.15) is 0 Å². The van der Waals surface area contributed by atoms with Crippen molar-refractivity contribution in [2.24, 2.45) is 0 Å². The molecule has 3 aromatic carbocycles. The van der Waals surface area contributed by atoms with Gasteiger partial charge in [-0.1, -0.05) is 78.9 Å². The van der Waals surface area contributed by atoms with Crippen LogP contribution in [0.5, 0.6) is 5.75 Å². The highest BCUT2D eigenvalue weighted by Gasteiger charge is 2.12. The van der Waals surface area contributed by atoms with Crippen molar-refractivity contribution < 1.29 is 5.11 Å². The first-order valence-corrected chi connectivity index (χ1v) is 10.5. The lowest BCUT2D eigenvalue weighted by atomic mass is 10.0. The largest absolute Gasteiger partial charge is 0.508 e. The van der Waals surface area contributed by atoms with Crippen LogP contribution in [0.2, 0.25) is 0 Å². The molecule has 0 saturated heterocycles. The second-order valence-electron chi connectivity index (χ2n) is 7.60. The quantitative estimate of drug-likeness (QED) is 0.403. The molecule has 0 saturated carbocycles. The van der Waals surface area contributed by atoms with Crippen LogP contribution in [0.1, 0.15) is 18.5 Å². The third-order valence-corrected chi connectivity index (χ3v) is 5.39. The van der Waals surface area contributed by atoms with E-state index in [1.54, 1.807) is 12.1 Å². The molecule has 4 aromatic rings. The van der Waals surface area contributed by atoms with Gasteiger partial charge in [0.25, 0.3) is 0 Å². The van der Waals surface area contributed by atoms with Crippen LogP contribution in [0.3, 0.4) is 0 Å². The van der Waals surface area contributed by atoms with Gasteiger partial charge in [0.1, 0.15) is 5.75 Å². The van der Waals surface area contributed by atoms with Gasteiger partial charge in [0.2, 0.25) is 0 Å². The molecule has 1 aromatic heterocycles. The predicted molar refractivity (Wildman–Crippen MR) is 126 cm³/mol. The van der Waals surface area contributed by atoms with E-state index in [9.17, 15) is 5.11 Å². The molecule has 0 unspecified atom stereocenters. The van der Waals surface area contributed by atoms with Gasteiger partial charge >= 0.3 is 0 Å². The Bertz CT molecular complexity index is 1290. The molecule has 1 heterocycles. The van der Waals surface area contributed by atoms with E-state index < -0.39 is 0 Å². The van der Waals surface area contributed by atoms with E-state index in [-0.39, 0.29) is 5.75 Å². The minimum absolute atomic E-state index is 0.253. The molecular weight excluding hydrogens is 380 g/mol. The van der Waals surface area contributed by atoms with Crippen molar-refractivity contribution in [3.63, 3.8) is 0 Å². The Balaban J connectivity index is 1.64. The number of hydrogen-bond donors (Lipinski definition) is 1. The van der Waals surface area contributed by atoms with E-state index in [1.165, 1.54) is 0 Å². The molecule has 1 N–H and O–H groups in total. The molecule has 0 aliphatic heterocycles. The summed E-state index contributed by atoms with van der Waals surface area (Å²) in [6.45, 7) is 0. The molecule has 3 nitrogen and oxygen atoms in total. The van der Waals surface area contributed by atoms with Gasteiger partial charge in [-0.3, -0.25) is 0 Å². The maximum Gasteiger partial charge on any atom is 0.160 e. The highest BCUT2D eigenvalue weighted by molar-refractivity contribution is 5.78. The number of aromatic hydroxyl groups is 1. The topological polar surface area (TPSA) is 46.0 Å². The van der Waals surface area contributed by atoms with Crippen molar-refractivity contribution in [1.29, 1.82) is 0 Å². The fourth-order valence-corrected chi connectivity index (χ4v) is 3.81. The number of aromatic nitrogens is 2. The molecule has 0 fully saturated rings. The summed E-state index contributed by atoms with van der Waals surface area (Å²) in [5, 5.41) is 9.87. The summed E-state index contributed by atoms with van der Waals surface area (Å²) in [4.78, 5) is 9.83. The van der Waals surface area contributed by atoms with Gasteiger partial charge in [0.15, 0.2) is 5.82 Å². The summed E-state index contributed by atoms with van der Waals surface area (Å²) >= 11 is 0. The third-order valence-electron chi connectivity index (χ3n) is 5.39. The molecule has 0 spiro atoms. The van der Waals surface area contributed by atoms with E-state index in [4.69, 9.17) is 9.97 Å². The second-order valence-corrected chi connectivity index (χ2v) is 7.60. The molecule has 5 rings (SSSR count). The van der Waals surface area contributed by atoms with Crippen molar-refractivity contribution in [3.8, 4) is 39.5 Å². The van der Waals surface area contributed by atoms with Crippen LogP contribution in [0.15, 0.2) is 103 Å². The zero-order chi connectivity index (χ0) is 21.0. The van der Waals surface area contributed by atoms with E-state index >= 15 is 0 Å². The Morgan fingerprint density at radius 3 is 2.10 bits per heavy atom. The van der Waals surface area contributed by atoms with Crippen molar-refractivity contribution in [2.75, 3.05) is 0 Å². The lowest BCUT2D eigenvalue weighted by Gasteiger charge is -2.12. The fourth-order valence-electron chi connectivity index (χ4n) is 3.81. The lowest BCUT2D eigenvalue weighted by Crippen LogP contribution is -1.99. The first kappa shape index (κ1) is 19.0. The minimum Gasteiger partial charge on any atom is -0.508 e. The van der Waals surface area contributed by atoms with Crippen LogP contribution >= 0.6 is 0 Å². The average molecular weight is 402 g/mol. The lowest BCUT2D eigenvalue weighted by molar-refractivity contribution is 0.475. The standard InChI is InChI=1S/C28H22N2O/c31-25-16-8-14-23(18-25)22-13-7-15-24(17-22)28-29-26(20-9-3-1-4-10-20)19-27(30-28)21-11-5-2-6-12-21/h1,3-5,7-19,31H,2,6H2. The maximum atomic E-state index is 9.87. The van der Waals surface area contributed by atoms with Crippen LogP contribution in [-0.2, 0) is 0 Å². The molecule has 0 atom stereocenters. The molecule has 3 heteroatoms. The van der Waals surface area contributed by atoms with Gasteiger partial charge in [-0.15, -0.1) is 0 Å². The molecule has 0 bridgehead atoms. The van der Waals surface area contributed by atoms with Crippen molar-refractivity contribution in [3.05, 3.63) is 109 Å². The summed E-state index contributed by atoms with van der Waals surface area (Å²) < 4.78 is 0. The summed E-state index contributed by atoms with van der Waals surface area (Å²) in [5.41, 5.74) is 6.96. The van der Waals surface area contributed by atoms with Crippen LogP contribution < -0.4 is 0 Å². The van der Waals surface area contributed by atoms with E-state index in [0.29, 0.717) is 5.82 Å². The maximum absolute atomic E-state index is 9.87. The van der Waals surface area contributed by atoms with Gasteiger partial charge in [0, 0.05) is 11.1 Å². The van der Waals surface area contributed by atoms with Gasteiger partial charge in [-0.05, 0) is 53.8 Å². The van der Waals surface area contributed by atoms with Crippen molar-refractivity contribution in [2.45, 2.75) is 12.8 Å². The van der Waals surface area contributed by atoms with Gasteiger partial charge in [0.05, 0.1) is 11.4 Å². The number of benzene rings is 3. The van der Waals surface area contributed by atoms with Crippen LogP contribution in [-0.4, -0.2) is 15.1 Å². The third kappa shape index (κ3) is 4.17. The molecule has 150 valence electrons. The van der Waals surface area contributed by atoms with Gasteiger partial charge < -0.3 is 5.11 Å². The highest BCUT2D eigenvalue weighted by atomic mass is 16.3. The Hall–Kier alpha value is -3.98. The Kier molecular flexibility index (Phi) is 5.16. The van der Waals surface area contributed by atoms with Crippen LogP contribution in [0, 0.1) is 0 Å².